The molecule has 1 aliphatic rings. The van der Waals surface area contributed by atoms with Crippen molar-refractivity contribution in [3.63, 3.8) is 0 Å². The van der Waals surface area contributed by atoms with E-state index in [2.05, 4.69) is 0 Å². The van der Waals surface area contributed by atoms with E-state index in [1.165, 1.54) is 13.3 Å². The molecular formula is C10H16O2S. The molecular weight excluding hydrogens is 184 g/mol. The molecule has 0 N–H and O–H groups in total. The number of hydrogen-bond donors (Lipinski definition) is 0. The standard InChI is InChI=1S/C10H16O2S/c1-8(11)13-9(12)10(2)6-4-3-5-7-10/h3-7H2,1-2H3. The molecule has 0 aromatic carbocycles. The average molecular weight is 200 g/mol. The summed E-state index contributed by atoms with van der Waals surface area (Å²) in [5, 5.41) is -0.0171. The van der Waals surface area contributed by atoms with Crippen LogP contribution in [-0.4, -0.2) is 10.2 Å². The Morgan fingerprint density at radius 1 is 1.15 bits per heavy atom. The van der Waals surface area contributed by atoms with Gasteiger partial charge in [0.2, 0.25) is 5.12 Å². The van der Waals surface area contributed by atoms with Crippen molar-refractivity contribution < 1.29 is 9.59 Å². The molecule has 0 radical (unpaired) electrons. The lowest BCUT2D eigenvalue weighted by Crippen LogP contribution is -2.28. The second-order valence-corrected chi connectivity index (χ2v) is 5.15. The maximum atomic E-state index is 11.7. The molecule has 0 heterocycles. The third-order valence-electron chi connectivity index (χ3n) is 2.69. The molecule has 0 aromatic rings. The molecule has 1 fully saturated rings. The second kappa shape index (κ2) is 4.27. The third kappa shape index (κ3) is 2.83. The number of thioether (sulfide) groups is 1. The first kappa shape index (κ1) is 10.8. The Kier molecular flexibility index (Phi) is 3.54. The van der Waals surface area contributed by atoms with Crippen LogP contribution < -0.4 is 0 Å². The molecule has 0 bridgehead atoms. The van der Waals surface area contributed by atoms with E-state index in [0.717, 1.165) is 37.4 Å². The Labute approximate surface area is 83.5 Å². The Balaban J connectivity index is 2.56. The zero-order chi connectivity index (χ0) is 9.90. The van der Waals surface area contributed by atoms with Gasteiger partial charge in [-0.3, -0.25) is 9.59 Å². The quantitative estimate of drug-likeness (QED) is 0.652. The number of carbonyl (C=O) groups is 2. The first-order valence-corrected chi connectivity index (χ1v) is 5.59. The van der Waals surface area contributed by atoms with E-state index < -0.39 is 0 Å². The van der Waals surface area contributed by atoms with Gasteiger partial charge in [-0.2, -0.15) is 0 Å². The lowest BCUT2D eigenvalue weighted by molar-refractivity contribution is -0.120. The molecule has 2 nitrogen and oxygen atoms in total. The van der Waals surface area contributed by atoms with Gasteiger partial charge in [0.25, 0.3) is 0 Å². The molecule has 1 aliphatic carbocycles. The van der Waals surface area contributed by atoms with Crippen LogP contribution in [0.15, 0.2) is 0 Å². The van der Waals surface area contributed by atoms with Gasteiger partial charge in [0.05, 0.1) is 0 Å². The number of hydrogen-bond acceptors (Lipinski definition) is 3. The summed E-state index contributed by atoms with van der Waals surface area (Å²) < 4.78 is 0. The van der Waals surface area contributed by atoms with Crippen molar-refractivity contribution in [1.29, 1.82) is 0 Å². The molecule has 0 aromatic heterocycles. The second-order valence-electron chi connectivity index (χ2n) is 4.00. The SMILES string of the molecule is CC(=O)SC(=O)C1(C)CCCCC1. The summed E-state index contributed by atoms with van der Waals surface area (Å²) in [5.74, 6) is 0. The molecule has 0 unspecified atom stereocenters. The van der Waals surface area contributed by atoms with Crippen molar-refractivity contribution in [3.8, 4) is 0 Å². The lowest BCUT2D eigenvalue weighted by atomic mass is 9.77. The smallest absolute Gasteiger partial charge is 0.202 e. The topological polar surface area (TPSA) is 34.1 Å². The zero-order valence-electron chi connectivity index (χ0n) is 8.26. The molecule has 1 rings (SSSR count). The van der Waals surface area contributed by atoms with E-state index in [1.54, 1.807) is 0 Å². The molecule has 3 heteroatoms. The van der Waals surface area contributed by atoms with Gasteiger partial charge in [-0.15, -0.1) is 0 Å². The summed E-state index contributed by atoms with van der Waals surface area (Å²) in [6.45, 7) is 3.44. The minimum atomic E-state index is -0.228. The van der Waals surface area contributed by atoms with Crippen LogP contribution >= 0.6 is 11.8 Å². The summed E-state index contributed by atoms with van der Waals surface area (Å²) >= 11 is 0.882. The van der Waals surface area contributed by atoms with E-state index in [0.29, 0.717) is 0 Å². The van der Waals surface area contributed by atoms with Crippen molar-refractivity contribution in [3.05, 3.63) is 0 Å². The predicted molar refractivity (Wildman–Crippen MR) is 54.5 cm³/mol. The highest BCUT2D eigenvalue weighted by atomic mass is 32.2. The van der Waals surface area contributed by atoms with Crippen molar-refractivity contribution in [1.82, 2.24) is 0 Å². The van der Waals surface area contributed by atoms with Gasteiger partial charge in [0.1, 0.15) is 0 Å². The van der Waals surface area contributed by atoms with Crippen LogP contribution in [0.5, 0.6) is 0 Å². The van der Waals surface area contributed by atoms with E-state index in [4.69, 9.17) is 0 Å². The van der Waals surface area contributed by atoms with Gasteiger partial charge >= 0.3 is 0 Å². The predicted octanol–water partition coefficient (Wildman–Crippen LogP) is 2.76. The van der Waals surface area contributed by atoms with Gasteiger partial charge in [-0.1, -0.05) is 26.2 Å². The highest BCUT2D eigenvalue weighted by Gasteiger charge is 2.35. The molecule has 0 saturated heterocycles. The summed E-state index contributed by atoms with van der Waals surface area (Å²) in [6.07, 6.45) is 5.38. The summed E-state index contributed by atoms with van der Waals surface area (Å²) in [5.41, 5.74) is -0.228. The maximum Gasteiger partial charge on any atom is 0.202 e. The van der Waals surface area contributed by atoms with Gasteiger partial charge in [-0.25, -0.2) is 0 Å². The van der Waals surface area contributed by atoms with Crippen LogP contribution in [0.25, 0.3) is 0 Å². The van der Waals surface area contributed by atoms with E-state index in [1.807, 2.05) is 6.92 Å². The highest BCUT2D eigenvalue weighted by molar-refractivity contribution is 8.26. The fourth-order valence-electron chi connectivity index (χ4n) is 1.79. The van der Waals surface area contributed by atoms with E-state index in [9.17, 15) is 9.59 Å². The van der Waals surface area contributed by atoms with Crippen LogP contribution in [-0.2, 0) is 9.59 Å². The first-order chi connectivity index (χ1) is 6.04. The molecule has 0 spiro atoms. The van der Waals surface area contributed by atoms with Crippen LogP contribution in [0.1, 0.15) is 46.0 Å². The Morgan fingerprint density at radius 2 is 1.69 bits per heavy atom. The van der Waals surface area contributed by atoms with Crippen LogP contribution in [0, 0.1) is 5.41 Å². The molecule has 74 valence electrons. The van der Waals surface area contributed by atoms with Crippen molar-refractivity contribution >= 4 is 22.0 Å². The van der Waals surface area contributed by atoms with Crippen LogP contribution in [0.4, 0.5) is 0 Å². The normalized spacial score (nSPS) is 21.1. The molecule has 0 amide bonds. The minimum absolute atomic E-state index is 0.0692. The monoisotopic (exact) mass is 200 g/mol. The third-order valence-corrected chi connectivity index (χ3v) is 3.65. The number of carbonyl (C=O) groups excluding carboxylic acids is 2. The van der Waals surface area contributed by atoms with Gasteiger partial charge in [-0.05, 0) is 24.6 Å². The van der Waals surface area contributed by atoms with Gasteiger partial charge in [0.15, 0.2) is 5.12 Å². The average Bonchev–Trinajstić information content (AvgIpc) is 2.04. The summed E-state index contributed by atoms with van der Waals surface area (Å²) in [4.78, 5) is 22.5. The Hall–Kier alpha value is -0.310. The van der Waals surface area contributed by atoms with Gasteiger partial charge < -0.3 is 0 Å². The maximum absolute atomic E-state index is 11.7. The molecule has 0 atom stereocenters. The minimum Gasteiger partial charge on any atom is -0.287 e. The van der Waals surface area contributed by atoms with E-state index in [-0.39, 0.29) is 15.6 Å². The summed E-state index contributed by atoms with van der Waals surface area (Å²) in [7, 11) is 0. The molecule has 0 aliphatic heterocycles. The van der Waals surface area contributed by atoms with Crippen LogP contribution in [0.2, 0.25) is 0 Å². The van der Waals surface area contributed by atoms with Crippen molar-refractivity contribution in [2.45, 2.75) is 46.0 Å². The number of rotatable bonds is 1. The van der Waals surface area contributed by atoms with Gasteiger partial charge in [0, 0.05) is 12.3 Å². The first-order valence-electron chi connectivity index (χ1n) is 4.77. The lowest BCUT2D eigenvalue weighted by Gasteiger charge is -2.30. The fourth-order valence-corrected chi connectivity index (χ4v) is 2.50. The Bertz CT molecular complexity index is 217. The molecule has 13 heavy (non-hydrogen) atoms. The van der Waals surface area contributed by atoms with Crippen LogP contribution in [0.3, 0.4) is 0 Å². The Morgan fingerprint density at radius 3 is 2.15 bits per heavy atom. The zero-order valence-corrected chi connectivity index (χ0v) is 9.08. The highest BCUT2D eigenvalue weighted by Crippen LogP contribution is 2.39. The fraction of sp³-hybridized carbons (Fsp3) is 0.800. The summed E-state index contributed by atoms with van der Waals surface area (Å²) in [6, 6.07) is 0. The largest absolute Gasteiger partial charge is 0.287 e. The molecule has 1 saturated carbocycles. The van der Waals surface area contributed by atoms with Crippen molar-refractivity contribution in [2.24, 2.45) is 5.41 Å². The van der Waals surface area contributed by atoms with E-state index >= 15 is 0 Å². The van der Waals surface area contributed by atoms with Crippen molar-refractivity contribution in [2.75, 3.05) is 0 Å².